The maximum absolute atomic E-state index is 14.5. The Morgan fingerprint density at radius 2 is 1.55 bits per heavy atom. The van der Waals surface area contributed by atoms with E-state index >= 15 is 0 Å². The van der Waals surface area contributed by atoms with Gasteiger partial charge in [0.2, 0.25) is 0 Å². The number of hydrogen-bond donors (Lipinski definition) is 0. The quantitative estimate of drug-likeness (QED) is 0.475. The van der Waals surface area contributed by atoms with Crippen molar-refractivity contribution >= 4 is 23.2 Å². The molecule has 3 rings (SSSR count). The lowest BCUT2D eigenvalue weighted by atomic mass is 9.73. The number of ketones is 2. The first-order chi connectivity index (χ1) is 13.4. The van der Waals surface area contributed by atoms with Crippen LogP contribution in [0.25, 0.3) is 11.1 Å². The van der Waals surface area contributed by atoms with Gasteiger partial charge in [-0.3, -0.25) is 9.59 Å². The fraction of sp³-hybridized carbons (Fsp3) is 0.391. The Balaban J connectivity index is 2.22. The van der Waals surface area contributed by atoms with Crippen LogP contribution in [0.5, 0.6) is 0 Å². The Kier molecular flexibility index (Phi) is 5.43. The van der Waals surface area contributed by atoms with Crippen LogP contribution >= 0.6 is 11.6 Å². The molecule has 2 aromatic carbocycles. The largest absolute Gasteiger partial charge is 0.354 e. The van der Waals surface area contributed by atoms with Crippen LogP contribution in [0.1, 0.15) is 51.7 Å². The number of halogens is 3. The molecule has 0 radical (unpaired) electrons. The normalized spacial score (nSPS) is 18.9. The molecule has 0 unspecified atom stereocenters. The molecule has 1 aliphatic rings. The molecule has 6 heteroatoms. The van der Waals surface area contributed by atoms with Crippen molar-refractivity contribution in [2.45, 2.75) is 58.2 Å². The zero-order valence-electron chi connectivity index (χ0n) is 17.0. The summed E-state index contributed by atoms with van der Waals surface area (Å²) in [5.74, 6) is -3.94. The molecule has 1 heterocycles. The fourth-order valence-corrected chi connectivity index (χ4v) is 4.08. The third-order valence-corrected chi connectivity index (χ3v) is 5.70. The minimum atomic E-state index is -1.15. The van der Waals surface area contributed by atoms with Gasteiger partial charge in [-0.05, 0) is 69.0 Å². The van der Waals surface area contributed by atoms with Gasteiger partial charge in [-0.1, -0.05) is 30.7 Å². The van der Waals surface area contributed by atoms with Crippen molar-refractivity contribution in [1.29, 1.82) is 0 Å². The van der Waals surface area contributed by atoms with E-state index in [1.807, 2.05) is 6.92 Å². The summed E-state index contributed by atoms with van der Waals surface area (Å²) >= 11 is 5.66. The highest BCUT2D eigenvalue weighted by Crippen LogP contribution is 2.41. The second-order valence-corrected chi connectivity index (χ2v) is 8.68. The Labute approximate surface area is 174 Å². The molecule has 0 N–H and O–H groups in total. The molecular weight excluding hydrogens is 398 g/mol. The van der Waals surface area contributed by atoms with Crippen molar-refractivity contribution in [1.82, 2.24) is 0 Å². The SMILES string of the molecule is CCc1ccc(-c2ccc(Cl)c(F)c2F)cc1C1C(=O)C(C)(C)OC(C)(C)C1=O. The molecule has 1 aliphatic heterocycles. The average molecular weight is 421 g/mol. The van der Waals surface area contributed by atoms with E-state index in [2.05, 4.69) is 0 Å². The number of aryl methyl sites for hydroxylation is 1. The molecule has 1 fully saturated rings. The zero-order valence-corrected chi connectivity index (χ0v) is 17.8. The van der Waals surface area contributed by atoms with Crippen LogP contribution in [0.2, 0.25) is 5.02 Å². The summed E-state index contributed by atoms with van der Waals surface area (Å²) in [6.45, 7) is 8.46. The standard InChI is InChI=1S/C23H23ClF2O3/c1-6-12-7-8-13(14-9-10-16(24)19(26)18(14)25)11-15(12)17-20(27)22(2,3)29-23(4,5)21(17)28/h7-11,17H,6H2,1-5H3. The summed E-state index contributed by atoms with van der Waals surface area (Å²) in [5.41, 5.74) is -0.626. The highest BCUT2D eigenvalue weighted by atomic mass is 35.5. The second-order valence-electron chi connectivity index (χ2n) is 8.27. The molecule has 0 atom stereocenters. The third kappa shape index (κ3) is 3.62. The summed E-state index contributed by atoms with van der Waals surface area (Å²) in [6, 6.07) is 7.65. The van der Waals surface area contributed by atoms with Gasteiger partial charge in [-0.25, -0.2) is 8.78 Å². The maximum Gasteiger partial charge on any atom is 0.179 e. The van der Waals surface area contributed by atoms with E-state index in [-0.39, 0.29) is 22.2 Å². The minimum Gasteiger partial charge on any atom is -0.354 e. The predicted molar refractivity (Wildman–Crippen MR) is 108 cm³/mol. The Bertz CT molecular complexity index is 985. The van der Waals surface area contributed by atoms with Gasteiger partial charge >= 0.3 is 0 Å². The highest BCUT2D eigenvalue weighted by molar-refractivity contribution is 6.30. The van der Waals surface area contributed by atoms with E-state index in [1.54, 1.807) is 45.9 Å². The molecule has 0 aliphatic carbocycles. The lowest BCUT2D eigenvalue weighted by Crippen LogP contribution is -2.58. The van der Waals surface area contributed by atoms with E-state index in [4.69, 9.17) is 16.3 Å². The van der Waals surface area contributed by atoms with E-state index in [1.165, 1.54) is 12.1 Å². The van der Waals surface area contributed by atoms with Gasteiger partial charge in [0.25, 0.3) is 0 Å². The molecule has 1 saturated heterocycles. The van der Waals surface area contributed by atoms with Gasteiger partial charge in [0.1, 0.15) is 17.1 Å². The average Bonchev–Trinajstić information content (AvgIpc) is 2.64. The van der Waals surface area contributed by atoms with Gasteiger partial charge in [0.15, 0.2) is 23.2 Å². The van der Waals surface area contributed by atoms with Crippen molar-refractivity contribution in [2.24, 2.45) is 0 Å². The smallest absolute Gasteiger partial charge is 0.179 e. The molecule has 0 saturated carbocycles. The van der Waals surface area contributed by atoms with Gasteiger partial charge in [0, 0.05) is 5.56 Å². The van der Waals surface area contributed by atoms with Crippen molar-refractivity contribution < 1.29 is 23.1 Å². The first-order valence-electron chi connectivity index (χ1n) is 9.46. The van der Waals surface area contributed by atoms with Crippen molar-refractivity contribution in [3.63, 3.8) is 0 Å². The Morgan fingerprint density at radius 3 is 2.10 bits per heavy atom. The molecule has 154 valence electrons. The summed E-state index contributed by atoms with van der Waals surface area (Å²) in [4.78, 5) is 26.3. The van der Waals surface area contributed by atoms with Gasteiger partial charge in [-0.2, -0.15) is 0 Å². The Morgan fingerprint density at radius 1 is 0.966 bits per heavy atom. The summed E-state index contributed by atoms with van der Waals surface area (Å²) in [6.07, 6.45) is 0.575. The van der Waals surface area contributed by atoms with Crippen molar-refractivity contribution in [3.05, 3.63) is 58.1 Å². The number of ether oxygens (including phenoxy) is 1. The minimum absolute atomic E-state index is 0.0151. The molecule has 0 bridgehead atoms. The number of benzene rings is 2. The molecule has 0 amide bonds. The van der Waals surface area contributed by atoms with Crippen LogP contribution in [0.3, 0.4) is 0 Å². The second kappa shape index (κ2) is 7.29. The van der Waals surface area contributed by atoms with E-state index in [0.29, 0.717) is 17.5 Å². The van der Waals surface area contributed by atoms with Crippen molar-refractivity contribution in [3.8, 4) is 11.1 Å². The highest BCUT2D eigenvalue weighted by Gasteiger charge is 2.53. The predicted octanol–water partition coefficient (Wildman–Crippen LogP) is 5.66. The molecule has 3 nitrogen and oxygen atoms in total. The zero-order chi connectivity index (χ0) is 21.7. The van der Waals surface area contributed by atoms with Gasteiger partial charge in [-0.15, -0.1) is 0 Å². The maximum atomic E-state index is 14.5. The van der Waals surface area contributed by atoms with E-state index in [9.17, 15) is 18.4 Å². The lowest BCUT2D eigenvalue weighted by molar-refractivity contribution is -0.184. The van der Waals surface area contributed by atoms with Crippen molar-refractivity contribution in [2.75, 3.05) is 0 Å². The Hall–Kier alpha value is -2.11. The molecule has 0 spiro atoms. The van der Waals surface area contributed by atoms with Crippen LogP contribution in [0.4, 0.5) is 8.78 Å². The van der Waals surface area contributed by atoms with Crippen LogP contribution < -0.4 is 0 Å². The summed E-state index contributed by atoms with van der Waals surface area (Å²) in [5, 5.41) is -0.310. The van der Waals surface area contributed by atoms with Crippen LogP contribution in [0, 0.1) is 11.6 Å². The summed E-state index contributed by atoms with van der Waals surface area (Å²) in [7, 11) is 0. The molecule has 2 aromatic rings. The van der Waals surface area contributed by atoms with Crippen LogP contribution in [-0.2, 0) is 20.7 Å². The van der Waals surface area contributed by atoms with E-state index < -0.39 is 28.8 Å². The fourth-order valence-electron chi connectivity index (χ4n) is 3.94. The number of rotatable bonds is 3. The van der Waals surface area contributed by atoms with Gasteiger partial charge in [0.05, 0.1) is 5.02 Å². The topological polar surface area (TPSA) is 43.4 Å². The van der Waals surface area contributed by atoms with E-state index in [0.717, 1.165) is 5.56 Å². The number of carbonyl (C=O) groups is 2. The number of Topliss-reactive ketones (excluding diaryl/α,β-unsaturated/α-hetero) is 2. The number of hydrogen-bond acceptors (Lipinski definition) is 3. The molecule has 29 heavy (non-hydrogen) atoms. The van der Waals surface area contributed by atoms with Gasteiger partial charge < -0.3 is 4.74 Å². The summed E-state index contributed by atoms with van der Waals surface area (Å²) < 4.78 is 34.2. The third-order valence-electron chi connectivity index (χ3n) is 5.41. The lowest BCUT2D eigenvalue weighted by Gasteiger charge is -2.43. The monoisotopic (exact) mass is 420 g/mol. The number of carbonyl (C=O) groups excluding carboxylic acids is 2. The van der Waals surface area contributed by atoms with Crippen LogP contribution in [-0.4, -0.2) is 22.8 Å². The first kappa shape index (κ1) is 21.6. The molecule has 0 aromatic heterocycles. The molecular formula is C23H23ClF2O3. The first-order valence-corrected chi connectivity index (χ1v) is 9.84. The van der Waals surface area contributed by atoms with Crippen LogP contribution in [0.15, 0.2) is 30.3 Å².